The normalized spacial score (nSPS) is 26.4. The minimum Gasteiger partial charge on any atom is -0.376 e. The van der Waals surface area contributed by atoms with Crippen LogP contribution in [0.25, 0.3) is 0 Å². The van der Waals surface area contributed by atoms with Crippen molar-refractivity contribution < 1.29 is 9.47 Å². The molecule has 4 heteroatoms. The lowest BCUT2D eigenvalue weighted by Gasteiger charge is -2.30. The Balaban J connectivity index is 2.00. The van der Waals surface area contributed by atoms with Gasteiger partial charge in [0.1, 0.15) is 4.11 Å². The second-order valence-electron chi connectivity index (χ2n) is 3.75. The fourth-order valence-corrected chi connectivity index (χ4v) is 1.88. The van der Waals surface area contributed by atoms with Crippen LogP contribution in [0.15, 0.2) is 0 Å². The Morgan fingerprint density at radius 2 is 2.43 bits per heavy atom. The van der Waals surface area contributed by atoms with Crippen LogP contribution in [0.4, 0.5) is 0 Å². The van der Waals surface area contributed by atoms with Crippen LogP contribution in [0.1, 0.15) is 20.3 Å². The Morgan fingerprint density at radius 3 is 3.07 bits per heavy atom. The predicted octanol–water partition coefficient (Wildman–Crippen LogP) is 1.89. The molecule has 0 aliphatic carbocycles. The molecule has 0 spiro atoms. The molecule has 0 bridgehead atoms. The largest absolute Gasteiger partial charge is 0.376 e. The lowest BCUT2D eigenvalue weighted by molar-refractivity contribution is -0.0208. The highest BCUT2D eigenvalue weighted by molar-refractivity contribution is 14.1. The first kappa shape index (κ1) is 12.7. The van der Waals surface area contributed by atoms with Crippen molar-refractivity contribution in [1.29, 1.82) is 0 Å². The number of alkyl halides is 1. The van der Waals surface area contributed by atoms with Gasteiger partial charge < -0.3 is 9.47 Å². The quantitative estimate of drug-likeness (QED) is 0.440. The molecule has 84 valence electrons. The average molecular weight is 313 g/mol. The van der Waals surface area contributed by atoms with Crippen LogP contribution < -0.4 is 0 Å². The molecule has 2 atom stereocenters. The highest BCUT2D eigenvalue weighted by Gasteiger charge is 2.15. The molecule has 1 unspecified atom stereocenters. The van der Waals surface area contributed by atoms with Crippen molar-refractivity contribution in [3.63, 3.8) is 0 Å². The Morgan fingerprint density at radius 1 is 1.64 bits per heavy atom. The molecule has 0 aromatic rings. The highest BCUT2D eigenvalue weighted by atomic mass is 127. The van der Waals surface area contributed by atoms with Gasteiger partial charge in [-0.1, -0.05) is 22.6 Å². The van der Waals surface area contributed by atoms with E-state index in [1.165, 1.54) is 0 Å². The summed E-state index contributed by atoms with van der Waals surface area (Å²) in [5.41, 5.74) is 0. The number of morpholine rings is 1. The van der Waals surface area contributed by atoms with Crippen molar-refractivity contribution in [2.24, 2.45) is 0 Å². The predicted molar refractivity (Wildman–Crippen MR) is 65.9 cm³/mol. The summed E-state index contributed by atoms with van der Waals surface area (Å²) in [7, 11) is 0. The fraction of sp³-hybridized carbons (Fsp3) is 1.00. The lowest BCUT2D eigenvalue weighted by Crippen LogP contribution is -2.41. The van der Waals surface area contributed by atoms with Gasteiger partial charge in [0.2, 0.25) is 0 Å². The number of ether oxygens (including phenoxy) is 2. The van der Waals surface area contributed by atoms with Crippen molar-refractivity contribution in [3.8, 4) is 0 Å². The highest BCUT2D eigenvalue weighted by Crippen LogP contribution is 2.06. The number of halogens is 1. The van der Waals surface area contributed by atoms with Crippen LogP contribution in [0.2, 0.25) is 0 Å². The molecule has 0 saturated carbocycles. The first-order valence-electron chi connectivity index (χ1n) is 5.28. The molecule has 14 heavy (non-hydrogen) atoms. The molecule has 0 aromatic heterocycles. The summed E-state index contributed by atoms with van der Waals surface area (Å²) in [6.45, 7) is 9.23. The van der Waals surface area contributed by atoms with Crippen LogP contribution in [0.3, 0.4) is 0 Å². The maximum absolute atomic E-state index is 5.49. The Labute approximate surface area is 100 Å². The van der Waals surface area contributed by atoms with Gasteiger partial charge >= 0.3 is 0 Å². The van der Waals surface area contributed by atoms with E-state index in [-0.39, 0.29) is 0 Å². The molecule has 1 aliphatic heterocycles. The van der Waals surface area contributed by atoms with Crippen molar-refractivity contribution in [2.45, 2.75) is 30.5 Å². The molecular formula is C10H20INO2. The zero-order valence-corrected chi connectivity index (χ0v) is 11.2. The molecule has 3 nitrogen and oxygen atoms in total. The topological polar surface area (TPSA) is 21.7 Å². The SMILES string of the molecule is CC(I)OCCCN1CCO[C@@H](C)C1. The van der Waals surface area contributed by atoms with E-state index in [2.05, 4.69) is 41.3 Å². The van der Waals surface area contributed by atoms with Gasteiger partial charge in [0.25, 0.3) is 0 Å². The summed E-state index contributed by atoms with van der Waals surface area (Å²) in [6, 6.07) is 0. The summed E-state index contributed by atoms with van der Waals surface area (Å²) in [5, 5.41) is 0. The van der Waals surface area contributed by atoms with E-state index in [1.54, 1.807) is 0 Å². The van der Waals surface area contributed by atoms with E-state index < -0.39 is 0 Å². The molecule has 0 N–H and O–H groups in total. The van der Waals surface area contributed by atoms with Crippen molar-refractivity contribution in [3.05, 3.63) is 0 Å². The van der Waals surface area contributed by atoms with E-state index in [4.69, 9.17) is 9.47 Å². The molecule has 0 amide bonds. The maximum atomic E-state index is 5.49. The molecule has 0 radical (unpaired) electrons. The van der Waals surface area contributed by atoms with E-state index in [1.807, 2.05) is 0 Å². The Kier molecular flexibility index (Phi) is 6.32. The van der Waals surface area contributed by atoms with Crippen LogP contribution >= 0.6 is 22.6 Å². The van der Waals surface area contributed by atoms with Gasteiger partial charge in [0, 0.05) is 26.2 Å². The van der Waals surface area contributed by atoms with Gasteiger partial charge in [-0.05, 0) is 20.3 Å². The van der Waals surface area contributed by atoms with Crippen molar-refractivity contribution in [1.82, 2.24) is 4.90 Å². The third kappa shape index (κ3) is 5.48. The molecule has 0 aromatic carbocycles. The third-order valence-electron chi connectivity index (χ3n) is 2.29. The van der Waals surface area contributed by atoms with Crippen LogP contribution in [0, 0.1) is 0 Å². The van der Waals surface area contributed by atoms with E-state index >= 15 is 0 Å². The Bertz CT molecular complexity index is 155. The minimum atomic E-state index is 0.330. The number of rotatable bonds is 5. The van der Waals surface area contributed by atoms with Crippen LogP contribution in [0.5, 0.6) is 0 Å². The number of hydrogen-bond acceptors (Lipinski definition) is 3. The molecule has 1 saturated heterocycles. The van der Waals surface area contributed by atoms with E-state index in [0.717, 1.165) is 39.3 Å². The Hall–Kier alpha value is 0.610. The average Bonchev–Trinajstić information content (AvgIpc) is 2.12. The van der Waals surface area contributed by atoms with Gasteiger partial charge in [-0.15, -0.1) is 0 Å². The van der Waals surface area contributed by atoms with Gasteiger partial charge in [0.15, 0.2) is 0 Å². The van der Waals surface area contributed by atoms with Gasteiger partial charge in [-0.2, -0.15) is 0 Å². The summed E-state index contributed by atoms with van der Waals surface area (Å²) < 4.78 is 11.3. The summed E-state index contributed by atoms with van der Waals surface area (Å²) in [6.07, 6.45) is 1.52. The van der Waals surface area contributed by atoms with Crippen molar-refractivity contribution in [2.75, 3.05) is 32.8 Å². The van der Waals surface area contributed by atoms with Gasteiger partial charge in [-0.3, -0.25) is 4.90 Å². The third-order valence-corrected chi connectivity index (χ3v) is 2.65. The first-order chi connectivity index (χ1) is 6.68. The van der Waals surface area contributed by atoms with Crippen LogP contribution in [-0.2, 0) is 9.47 Å². The number of hydrogen-bond donors (Lipinski definition) is 0. The molecule has 1 aliphatic rings. The summed E-state index contributed by atoms with van der Waals surface area (Å²) in [4.78, 5) is 2.45. The lowest BCUT2D eigenvalue weighted by atomic mass is 10.3. The molecular weight excluding hydrogens is 293 g/mol. The van der Waals surface area contributed by atoms with E-state index in [0.29, 0.717) is 10.2 Å². The monoisotopic (exact) mass is 313 g/mol. The zero-order valence-electron chi connectivity index (χ0n) is 9.04. The summed E-state index contributed by atoms with van der Waals surface area (Å²) in [5.74, 6) is 0. The van der Waals surface area contributed by atoms with Gasteiger partial charge in [0.05, 0.1) is 12.7 Å². The van der Waals surface area contributed by atoms with Crippen molar-refractivity contribution >= 4 is 22.6 Å². The minimum absolute atomic E-state index is 0.330. The number of nitrogens with zero attached hydrogens (tertiary/aromatic N) is 1. The molecule has 1 rings (SSSR count). The first-order valence-corrected chi connectivity index (χ1v) is 6.52. The molecule has 1 heterocycles. The maximum Gasteiger partial charge on any atom is 0.106 e. The van der Waals surface area contributed by atoms with E-state index in [9.17, 15) is 0 Å². The standard InChI is InChI=1S/C10H20INO2/c1-9-8-12(5-7-13-9)4-3-6-14-10(2)11/h9-10H,3-8H2,1-2H3/t9-,10?/m0/s1. The van der Waals surface area contributed by atoms with Crippen LogP contribution in [-0.4, -0.2) is 48.0 Å². The smallest absolute Gasteiger partial charge is 0.106 e. The fourth-order valence-electron chi connectivity index (χ4n) is 1.63. The zero-order chi connectivity index (χ0) is 10.4. The molecule has 1 fully saturated rings. The summed E-state index contributed by atoms with van der Waals surface area (Å²) >= 11 is 2.28. The second-order valence-corrected chi connectivity index (χ2v) is 5.50. The van der Waals surface area contributed by atoms with Gasteiger partial charge in [-0.25, -0.2) is 0 Å². The second kappa shape index (κ2) is 6.98.